The van der Waals surface area contributed by atoms with Crippen molar-refractivity contribution in [3.63, 3.8) is 0 Å². The average molecular weight is 265 g/mol. The minimum absolute atomic E-state index is 0.00498. The number of aliphatic hydroxyl groups is 1. The molecule has 0 aromatic carbocycles. The molecule has 6 nitrogen and oxygen atoms in total. The van der Waals surface area contributed by atoms with E-state index in [0.717, 1.165) is 6.26 Å². The lowest BCUT2D eigenvalue weighted by Crippen LogP contribution is -2.66. The minimum atomic E-state index is -3.26. The molecule has 1 fully saturated rings. The van der Waals surface area contributed by atoms with Crippen molar-refractivity contribution < 1.29 is 23.1 Å². The number of carbonyl (C=O) groups is 1. The van der Waals surface area contributed by atoms with Gasteiger partial charge in [0, 0.05) is 6.26 Å². The van der Waals surface area contributed by atoms with Crippen LogP contribution in [0.2, 0.25) is 0 Å². The molecule has 1 N–H and O–H groups in total. The SMILES string of the molecule is CC(C)(C)OC(=O)N1CC(O)(CS(C)(=O)=O)C1. The van der Waals surface area contributed by atoms with Crippen LogP contribution in [0, 0.1) is 0 Å². The maximum atomic E-state index is 11.5. The maximum Gasteiger partial charge on any atom is 0.410 e. The Labute approximate surface area is 101 Å². The molecule has 1 rings (SSSR count). The van der Waals surface area contributed by atoms with Gasteiger partial charge in [0.25, 0.3) is 0 Å². The Bertz CT molecular complexity index is 403. The van der Waals surface area contributed by atoms with Gasteiger partial charge in [-0.05, 0) is 20.8 Å². The van der Waals surface area contributed by atoms with Crippen molar-refractivity contribution in [2.45, 2.75) is 32.0 Å². The monoisotopic (exact) mass is 265 g/mol. The second-order valence-electron chi connectivity index (χ2n) is 5.63. The van der Waals surface area contributed by atoms with E-state index in [1.54, 1.807) is 20.8 Å². The molecular formula is C10H19NO5S. The zero-order valence-corrected chi connectivity index (χ0v) is 11.4. The highest BCUT2D eigenvalue weighted by Crippen LogP contribution is 2.24. The molecule has 1 aliphatic rings. The van der Waals surface area contributed by atoms with Crippen molar-refractivity contribution in [3.8, 4) is 0 Å². The summed E-state index contributed by atoms with van der Waals surface area (Å²) in [7, 11) is -3.26. The molecule has 1 saturated heterocycles. The summed E-state index contributed by atoms with van der Waals surface area (Å²) in [5.74, 6) is -0.334. The molecule has 0 aliphatic carbocycles. The maximum absolute atomic E-state index is 11.5. The molecule has 7 heteroatoms. The normalized spacial score (nSPS) is 19.7. The lowest BCUT2D eigenvalue weighted by atomic mass is 9.97. The first-order chi connectivity index (χ1) is 7.40. The number of sulfone groups is 1. The number of carbonyl (C=O) groups excluding carboxylic acids is 1. The molecule has 1 amide bonds. The van der Waals surface area contributed by atoms with Gasteiger partial charge >= 0.3 is 6.09 Å². The molecule has 0 aromatic heterocycles. The van der Waals surface area contributed by atoms with Gasteiger partial charge in [-0.1, -0.05) is 0 Å². The van der Waals surface area contributed by atoms with Crippen LogP contribution >= 0.6 is 0 Å². The third kappa shape index (κ3) is 4.51. The third-order valence-electron chi connectivity index (χ3n) is 2.15. The number of rotatable bonds is 2. The number of β-amino-alcohol motifs (C(OH)–C–C–N with tert-alkyl or cyclic N) is 1. The van der Waals surface area contributed by atoms with Crippen molar-refractivity contribution in [2.75, 3.05) is 25.1 Å². The van der Waals surface area contributed by atoms with Crippen molar-refractivity contribution >= 4 is 15.9 Å². The van der Waals surface area contributed by atoms with E-state index in [1.807, 2.05) is 0 Å². The average Bonchev–Trinajstić information content (AvgIpc) is 1.92. The van der Waals surface area contributed by atoms with Crippen LogP contribution in [0.5, 0.6) is 0 Å². The van der Waals surface area contributed by atoms with Gasteiger partial charge in [-0.25, -0.2) is 13.2 Å². The fraction of sp³-hybridized carbons (Fsp3) is 0.900. The number of hydrogen-bond acceptors (Lipinski definition) is 5. The summed E-state index contributed by atoms with van der Waals surface area (Å²) >= 11 is 0. The predicted molar refractivity (Wildman–Crippen MR) is 62.5 cm³/mol. The number of ether oxygens (including phenoxy) is 1. The molecular weight excluding hydrogens is 246 g/mol. The Morgan fingerprint density at radius 2 is 1.88 bits per heavy atom. The second-order valence-corrected chi connectivity index (χ2v) is 7.77. The van der Waals surface area contributed by atoms with Crippen LogP contribution in [0.1, 0.15) is 20.8 Å². The lowest BCUT2D eigenvalue weighted by molar-refractivity contribution is -0.0842. The van der Waals surface area contributed by atoms with Crippen LogP contribution in [0.15, 0.2) is 0 Å². The summed E-state index contributed by atoms with van der Waals surface area (Å²) in [6.07, 6.45) is 0.525. The summed E-state index contributed by atoms with van der Waals surface area (Å²) in [6, 6.07) is 0. The van der Waals surface area contributed by atoms with E-state index in [0.29, 0.717) is 0 Å². The highest BCUT2D eigenvalue weighted by molar-refractivity contribution is 7.90. The Hall–Kier alpha value is -0.820. The van der Waals surface area contributed by atoms with Gasteiger partial charge in [0.1, 0.15) is 21.0 Å². The Morgan fingerprint density at radius 1 is 1.41 bits per heavy atom. The number of likely N-dealkylation sites (tertiary alicyclic amines) is 1. The van der Waals surface area contributed by atoms with Crippen molar-refractivity contribution in [3.05, 3.63) is 0 Å². The van der Waals surface area contributed by atoms with Gasteiger partial charge in [-0.15, -0.1) is 0 Å². The second kappa shape index (κ2) is 4.13. The summed E-state index contributed by atoms with van der Waals surface area (Å²) in [5.41, 5.74) is -1.92. The predicted octanol–water partition coefficient (Wildman–Crippen LogP) is 0.0128. The molecule has 0 radical (unpaired) electrons. The van der Waals surface area contributed by atoms with E-state index in [1.165, 1.54) is 4.90 Å². The molecule has 17 heavy (non-hydrogen) atoms. The molecule has 0 saturated carbocycles. The topological polar surface area (TPSA) is 83.9 Å². The summed E-state index contributed by atoms with van der Waals surface area (Å²) in [6.45, 7) is 5.22. The molecule has 0 spiro atoms. The van der Waals surface area contributed by atoms with Crippen molar-refractivity contribution in [1.29, 1.82) is 0 Å². The first-order valence-corrected chi connectivity index (χ1v) is 7.34. The van der Waals surface area contributed by atoms with E-state index in [4.69, 9.17) is 4.74 Å². The zero-order valence-electron chi connectivity index (χ0n) is 10.6. The van der Waals surface area contributed by atoms with Gasteiger partial charge in [-0.2, -0.15) is 0 Å². The summed E-state index contributed by atoms with van der Waals surface area (Å²) in [4.78, 5) is 12.8. The number of amides is 1. The smallest absolute Gasteiger partial charge is 0.410 e. The number of nitrogens with zero attached hydrogens (tertiary/aromatic N) is 1. The molecule has 0 unspecified atom stereocenters. The standard InChI is InChI=1S/C10H19NO5S/c1-9(2,3)16-8(12)11-5-10(13,6-11)7-17(4,14)15/h13H,5-7H2,1-4H3. The fourth-order valence-electron chi connectivity index (χ4n) is 1.70. The third-order valence-corrected chi connectivity index (χ3v) is 3.21. The van der Waals surface area contributed by atoms with E-state index >= 15 is 0 Å². The highest BCUT2D eigenvalue weighted by Gasteiger charge is 2.47. The largest absolute Gasteiger partial charge is 0.444 e. The van der Waals surface area contributed by atoms with E-state index < -0.39 is 27.1 Å². The molecule has 0 bridgehead atoms. The molecule has 100 valence electrons. The van der Waals surface area contributed by atoms with Crippen LogP contribution in [-0.2, 0) is 14.6 Å². The zero-order chi connectivity index (χ0) is 13.5. The van der Waals surface area contributed by atoms with Crippen LogP contribution in [0.3, 0.4) is 0 Å². The van der Waals surface area contributed by atoms with Crippen LogP contribution < -0.4 is 0 Å². The number of hydrogen-bond donors (Lipinski definition) is 1. The van der Waals surface area contributed by atoms with E-state index in [9.17, 15) is 18.3 Å². The van der Waals surface area contributed by atoms with E-state index in [-0.39, 0.29) is 18.8 Å². The first-order valence-electron chi connectivity index (χ1n) is 5.28. The van der Waals surface area contributed by atoms with Crippen molar-refractivity contribution in [2.24, 2.45) is 0 Å². The first kappa shape index (κ1) is 14.2. The van der Waals surface area contributed by atoms with Crippen LogP contribution in [0.25, 0.3) is 0 Å². The van der Waals surface area contributed by atoms with Gasteiger partial charge in [0.15, 0.2) is 0 Å². The van der Waals surface area contributed by atoms with Crippen LogP contribution in [-0.4, -0.2) is 60.8 Å². The van der Waals surface area contributed by atoms with E-state index in [2.05, 4.69) is 0 Å². The van der Waals surface area contributed by atoms with Crippen LogP contribution in [0.4, 0.5) is 4.79 Å². The van der Waals surface area contributed by atoms with Gasteiger partial charge in [-0.3, -0.25) is 0 Å². The highest BCUT2D eigenvalue weighted by atomic mass is 32.2. The molecule has 1 heterocycles. The Balaban J connectivity index is 2.49. The Morgan fingerprint density at radius 3 is 2.24 bits per heavy atom. The Kier molecular flexibility index (Phi) is 3.46. The molecule has 0 aromatic rings. The summed E-state index contributed by atoms with van der Waals surface area (Å²) in [5, 5.41) is 9.83. The molecule has 1 aliphatic heterocycles. The molecule has 0 atom stereocenters. The summed E-state index contributed by atoms with van der Waals surface area (Å²) < 4.78 is 27.2. The fourth-order valence-corrected chi connectivity index (χ4v) is 2.86. The van der Waals surface area contributed by atoms with Crippen molar-refractivity contribution in [1.82, 2.24) is 4.90 Å². The van der Waals surface area contributed by atoms with Gasteiger partial charge in [0.05, 0.1) is 18.8 Å². The lowest BCUT2D eigenvalue weighted by Gasteiger charge is -2.45. The minimum Gasteiger partial charge on any atom is -0.444 e. The quantitative estimate of drug-likeness (QED) is 0.760. The van der Waals surface area contributed by atoms with Gasteiger partial charge in [0.2, 0.25) is 0 Å². The van der Waals surface area contributed by atoms with Gasteiger partial charge < -0.3 is 14.7 Å².